The van der Waals surface area contributed by atoms with Crippen molar-refractivity contribution in [3.63, 3.8) is 0 Å². The molecule has 1 aliphatic rings. The van der Waals surface area contributed by atoms with Gasteiger partial charge in [-0.2, -0.15) is 0 Å². The quantitative estimate of drug-likeness (QED) is 0.0242. The van der Waals surface area contributed by atoms with Gasteiger partial charge in [0.05, 0.1) is 18.6 Å². The number of carbonyl (C=O) groups excluding carboxylic acids is 10. The minimum absolute atomic E-state index is 0.0702. The van der Waals surface area contributed by atoms with Gasteiger partial charge < -0.3 is 74.6 Å². The molecule has 3 heterocycles. The molecule has 10 amide bonds. The van der Waals surface area contributed by atoms with Crippen molar-refractivity contribution in [1.29, 1.82) is 5.41 Å². The molecule has 1 fully saturated rings. The van der Waals surface area contributed by atoms with E-state index in [-0.39, 0.29) is 62.5 Å². The number of para-hydroxylation sites is 1. The normalized spacial score (nSPS) is 22.1. The van der Waals surface area contributed by atoms with Gasteiger partial charge in [0, 0.05) is 67.5 Å². The highest BCUT2D eigenvalue weighted by Crippen LogP contribution is 2.24. The molecule has 426 valence electrons. The first-order valence-corrected chi connectivity index (χ1v) is 28.1. The average molecular weight is 1130 g/mol. The van der Waals surface area contributed by atoms with E-state index in [1.165, 1.54) is 26.4 Å². The van der Waals surface area contributed by atoms with Crippen LogP contribution in [-0.4, -0.2) is 153 Å². The summed E-state index contributed by atoms with van der Waals surface area (Å²) in [6, 6.07) is 5.34. The van der Waals surface area contributed by atoms with Crippen LogP contribution in [0.3, 0.4) is 0 Å². The number of hydrogen-bond donors (Lipinski definition) is 15. The van der Waals surface area contributed by atoms with Gasteiger partial charge in [0.2, 0.25) is 59.1 Å². The number of aromatic amines is 2. The van der Waals surface area contributed by atoms with Crippen LogP contribution in [0, 0.1) is 5.41 Å². The Hall–Kier alpha value is -8.14. The highest BCUT2D eigenvalue weighted by molar-refractivity contribution is 8.76. The van der Waals surface area contributed by atoms with Gasteiger partial charge in [-0.05, 0) is 43.4 Å². The van der Waals surface area contributed by atoms with Crippen molar-refractivity contribution in [1.82, 2.24) is 68.1 Å². The molecule has 79 heavy (non-hydrogen) atoms. The summed E-state index contributed by atoms with van der Waals surface area (Å²) in [4.78, 5) is 148. The zero-order valence-corrected chi connectivity index (χ0v) is 45.7. The third kappa shape index (κ3) is 20.3. The van der Waals surface area contributed by atoms with Crippen molar-refractivity contribution in [2.45, 2.75) is 120 Å². The third-order valence-electron chi connectivity index (χ3n) is 12.4. The van der Waals surface area contributed by atoms with Crippen LogP contribution >= 0.6 is 21.6 Å². The lowest BCUT2D eigenvalue weighted by molar-refractivity contribution is -0.135. The fourth-order valence-corrected chi connectivity index (χ4v) is 10.6. The zero-order chi connectivity index (χ0) is 57.4. The van der Waals surface area contributed by atoms with Gasteiger partial charge in [-0.1, -0.05) is 89.9 Å². The Morgan fingerprint density at radius 3 is 2.06 bits per heavy atom. The standard InChI is InChI=1S/C51H70N16O10S2/c1-4-5-15-35(61-29(3)68)46(73)67-41-26-79-78-25-40(43(52)70)62-42(69)24-58-45(72)38(20-31-22-57-34-16-10-9-14-33(31)34)66-47(74)36(17-11-18-56-51(53)54)63-48(75)37(19-30-12-7-6-8-13-30)65-49(76)39(21-32-23-55-27-59-32)64-44(71)28(2)60-50(41)77/h6-10,12-14,16,22-23,27-28,35-41,57H,4-5,11,15,17-21,24-26H2,1-3H3,(H2,52,70)(H,55,59)(H,58,72)(H,60,77)(H,61,68)(H,62,69)(H,63,75)(H,64,71)(H,65,76)(H,66,74)(H,67,73)(H4,53,54,56)/t28-,35+,36+,37-,38+,39+,40+,41+/m1/s1. The number of aromatic nitrogens is 3. The topological polar surface area (TPSA) is 411 Å². The number of unbranched alkanes of at least 4 members (excludes halogenated alkanes) is 1. The molecule has 28 heteroatoms. The molecule has 0 bridgehead atoms. The molecule has 0 aliphatic carbocycles. The monoisotopic (exact) mass is 1130 g/mol. The van der Waals surface area contributed by atoms with E-state index in [1.807, 2.05) is 25.1 Å². The first-order valence-electron chi connectivity index (χ1n) is 25.7. The average Bonchev–Trinajstić information content (AvgIpc) is 4.15. The predicted octanol–water partition coefficient (Wildman–Crippen LogP) is -1.71. The lowest BCUT2D eigenvalue weighted by Crippen LogP contribution is -2.60. The molecule has 8 atom stereocenters. The van der Waals surface area contributed by atoms with Crippen molar-refractivity contribution in [2.24, 2.45) is 11.5 Å². The predicted molar refractivity (Wildman–Crippen MR) is 297 cm³/mol. The van der Waals surface area contributed by atoms with Gasteiger partial charge in [0.25, 0.3) is 0 Å². The van der Waals surface area contributed by atoms with Gasteiger partial charge in [-0.15, -0.1) is 0 Å². The van der Waals surface area contributed by atoms with Crippen molar-refractivity contribution < 1.29 is 47.9 Å². The second-order valence-corrected chi connectivity index (χ2v) is 21.3. The SMILES string of the molecule is CCCC[C@H](NC(C)=O)C(=O)N[C@H]1CSSC[C@@H](C(N)=O)NC(=O)CNC(=O)[C@H](Cc2c[nH]c3ccccc23)NC(=O)[C@H](CCCNC(=N)N)NC(=O)[C@@H](Cc2ccccc2)NC(=O)[C@H](Cc2c[nH]cn2)NC(=O)[C@@H](C)NC1=O. The molecule has 0 unspecified atom stereocenters. The number of guanidine groups is 1. The molecule has 17 N–H and O–H groups in total. The number of nitrogens with one attached hydrogen (secondary N) is 13. The van der Waals surface area contributed by atoms with Crippen LogP contribution in [0.15, 0.2) is 73.3 Å². The molecule has 0 radical (unpaired) electrons. The number of rotatable bonds is 17. The second-order valence-electron chi connectivity index (χ2n) is 18.7. The molecule has 1 aliphatic heterocycles. The number of nitrogens with zero attached hydrogens (tertiary/aromatic N) is 1. The molecular weight excluding hydrogens is 1060 g/mol. The molecule has 4 aromatic rings. The van der Waals surface area contributed by atoms with E-state index in [0.29, 0.717) is 29.7 Å². The number of primary amides is 1. The first kappa shape index (κ1) is 61.7. The minimum atomic E-state index is -1.42. The molecule has 0 saturated carbocycles. The third-order valence-corrected chi connectivity index (χ3v) is 14.9. The second kappa shape index (κ2) is 31.3. The summed E-state index contributed by atoms with van der Waals surface area (Å²) in [5.74, 6) is -8.55. The number of benzene rings is 2. The Balaban J connectivity index is 1.53. The van der Waals surface area contributed by atoms with Gasteiger partial charge in [0.1, 0.15) is 48.3 Å². The van der Waals surface area contributed by atoms with Crippen LogP contribution in [0.2, 0.25) is 0 Å². The number of fused-ring (bicyclic) bond motifs is 1. The number of carbonyl (C=O) groups is 10. The fraction of sp³-hybridized carbons (Fsp3) is 0.451. The molecule has 5 rings (SSSR count). The number of nitrogens with two attached hydrogens (primary N) is 2. The number of H-pyrrole nitrogens is 2. The molecule has 2 aromatic heterocycles. The largest absolute Gasteiger partial charge is 0.370 e. The molecule has 1 saturated heterocycles. The Kier molecular flexibility index (Phi) is 24.5. The van der Waals surface area contributed by atoms with Crippen LogP contribution in [0.4, 0.5) is 0 Å². The highest BCUT2D eigenvalue weighted by Gasteiger charge is 2.35. The Morgan fingerprint density at radius 1 is 0.747 bits per heavy atom. The Morgan fingerprint density at radius 2 is 1.39 bits per heavy atom. The van der Waals surface area contributed by atoms with Gasteiger partial charge >= 0.3 is 0 Å². The van der Waals surface area contributed by atoms with Crippen LogP contribution in [0.1, 0.15) is 69.7 Å². The fourth-order valence-electron chi connectivity index (χ4n) is 8.24. The first-order chi connectivity index (χ1) is 37.8. The summed E-state index contributed by atoms with van der Waals surface area (Å²) in [6.07, 6.45) is 5.75. The maximum Gasteiger partial charge on any atom is 0.244 e. The summed E-state index contributed by atoms with van der Waals surface area (Å²) in [7, 11) is 2.04. The maximum atomic E-state index is 14.7. The zero-order valence-electron chi connectivity index (χ0n) is 44.0. The lowest BCUT2D eigenvalue weighted by atomic mass is 10.0. The molecule has 2 aromatic carbocycles. The van der Waals surface area contributed by atoms with E-state index >= 15 is 0 Å². The smallest absolute Gasteiger partial charge is 0.244 e. The van der Waals surface area contributed by atoms with Crippen LogP contribution in [-0.2, 0) is 67.2 Å². The molecule has 0 spiro atoms. The number of imidazole rings is 1. The van der Waals surface area contributed by atoms with Crippen molar-refractivity contribution in [3.05, 3.63) is 90.1 Å². The van der Waals surface area contributed by atoms with E-state index in [2.05, 4.69) is 68.1 Å². The summed E-state index contributed by atoms with van der Waals surface area (Å²) < 4.78 is 0. The number of amides is 10. The van der Waals surface area contributed by atoms with Crippen LogP contribution < -0.4 is 64.6 Å². The van der Waals surface area contributed by atoms with E-state index in [4.69, 9.17) is 16.9 Å². The highest BCUT2D eigenvalue weighted by atomic mass is 33.1. The summed E-state index contributed by atoms with van der Waals surface area (Å²) in [6.45, 7) is 3.94. The molecular formula is C51H70N16O10S2. The van der Waals surface area contributed by atoms with E-state index in [9.17, 15) is 47.9 Å². The van der Waals surface area contributed by atoms with E-state index in [0.717, 1.165) is 32.5 Å². The van der Waals surface area contributed by atoms with Gasteiger partial charge in [-0.3, -0.25) is 53.4 Å². The van der Waals surface area contributed by atoms with E-state index < -0.39 is 114 Å². The summed E-state index contributed by atoms with van der Waals surface area (Å²) in [5, 5.41) is 34.8. The minimum Gasteiger partial charge on any atom is -0.370 e. The van der Waals surface area contributed by atoms with Crippen LogP contribution in [0.5, 0.6) is 0 Å². The maximum absolute atomic E-state index is 14.7. The van der Waals surface area contributed by atoms with Crippen molar-refractivity contribution >= 4 is 97.5 Å². The molecule has 26 nitrogen and oxygen atoms in total. The van der Waals surface area contributed by atoms with Crippen molar-refractivity contribution in [2.75, 3.05) is 24.6 Å². The summed E-state index contributed by atoms with van der Waals surface area (Å²) >= 11 is 0. The Bertz CT molecular complexity index is 2760. The van der Waals surface area contributed by atoms with Crippen LogP contribution in [0.25, 0.3) is 10.9 Å². The van der Waals surface area contributed by atoms with Gasteiger partial charge in [0.15, 0.2) is 5.96 Å². The lowest BCUT2D eigenvalue weighted by Gasteiger charge is -2.27. The van der Waals surface area contributed by atoms with Gasteiger partial charge in [-0.25, -0.2) is 4.98 Å². The van der Waals surface area contributed by atoms with E-state index in [1.54, 1.807) is 42.6 Å². The Labute approximate surface area is 463 Å². The van der Waals surface area contributed by atoms with Crippen molar-refractivity contribution in [3.8, 4) is 0 Å². The number of hydrogen-bond acceptors (Lipinski definition) is 14. The summed E-state index contributed by atoms with van der Waals surface area (Å²) in [5.41, 5.74) is 13.5.